The summed E-state index contributed by atoms with van der Waals surface area (Å²) in [5, 5.41) is 2.69. The van der Waals surface area contributed by atoms with Crippen LogP contribution in [0.3, 0.4) is 0 Å². The maximum Gasteiger partial charge on any atom is 0.251 e. The van der Waals surface area contributed by atoms with Crippen molar-refractivity contribution in [3.05, 3.63) is 71.8 Å². The summed E-state index contributed by atoms with van der Waals surface area (Å²) in [5.74, 6) is -0.338. The molecular weight excluding hydrogens is 316 g/mol. The van der Waals surface area contributed by atoms with Crippen molar-refractivity contribution >= 4 is 11.8 Å². The van der Waals surface area contributed by atoms with E-state index in [4.69, 9.17) is 4.74 Å². The summed E-state index contributed by atoms with van der Waals surface area (Å²) < 4.78 is 5.97. The highest BCUT2D eigenvalue weighted by Crippen LogP contribution is 2.24. The van der Waals surface area contributed by atoms with Gasteiger partial charge in [0.25, 0.3) is 5.91 Å². The molecule has 0 bridgehead atoms. The summed E-state index contributed by atoms with van der Waals surface area (Å²) in [6.45, 7) is 2.97. The molecule has 1 aliphatic heterocycles. The molecule has 0 aromatic heterocycles. The van der Waals surface area contributed by atoms with Crippen molar-refractivity contribution in [1.82, 2.24) is 10.2 Å². The Kier molecular flexibility index (Phi) is 5.46. The first-order chi connectivity index (χ1) is 12.1. The molecule has 5 nitrogen and oxygen atoms in total. The highest BCUT2D eigenvalue weighted by Gasteiger charge is 2.29. The topological polar surface area (TPSA) is 58.6 Å². The van der Waals surface area contributed by atoms with Crippen molar-refractivity contribution in [2.45, 2.75) is 19.1 Å². The number of hydrogen-bond acceptors (Lipinski definition) is 3. The lowest BCUT2D eigenvalue weighted by atomic mass is 10.1. The number of benzene rings is 2. The van der Waals surface area contributed by atoms with E-state index in [-0.39, 0.29) is 30.6 Å². The quantitative estimate of drug-likeness (QED) is 0.931. The molecule has 1 heterocycles. The van der Waals surface area contributed by atoms with Gasteiger partial charge < -0.3 is 15.0 Å². The Labute approximate surface area is 147 Å². The summed E-state index contributed by atoms with van der Waals surface area (Å²) in [5.41, 5.74) is 1.60. The number of morpholine rings is 1. The zero-order valence-corrected chi connectivity index (χ0v) is 14.2. The molecule has 1 N–H and O–H groups in total. The van der Waals surface area contributed by atoms with Gasteiger partial charge in [0.2, 0.25) is 5.91 Å². The number of amides is 2. The third-order valence-electron chi connectivity index (χ3n) is 4.22. The zero-order chi connectivity index (χ0) is 17.6. The van der Waals surface area contributed by atoms with Gasteiger partial charge >= 0.3 is 0 Å². The van der Waals surface area contributed by atoms with Crippen LogP contribution in [0, 0.1) is 0 Å². The number of carbonyl (C=O) groups excluding carboxylic acids is 2. The molecule has 130 valence electrons. The molecule has 0 radical (unpaired) electrons. The molecule has 0 aliphatic carbocycles. The largest absolute Gasteiger partial charge is 0.367 e. The lowest BCUT2D eigenvalue weighted by Gasteiger charge is -2.37. The van der Waals surface area contributed by atoms with Crippen molar-refractivity contribution < 1.29 is 14.3 Å². The van der Waals surface area contributed by atoms with Gasteiger partial charge in [-0.25, -0.2) is 0 Å². The van der Waals surface area contributed by atoms with Crippen molar-refractivity contribution in [2.24, 2.45) is 0 Å². The molecule has 3 rings (SSSR count). The highest BCUT2D eigenvalue weighted by molar-refractivity contribution is 5.96. The van der Waals surface area contributed by atoms with Crippen LogP contribution in [0.1, 0.15) is 28.9 Å². The second-order valence-electron chi connectivity index (χ2n) is 6.19. The number of carbonyl (C=O) groups is 2. The van der Waals surface area contributed by atoms with Crippen LogP contribution >= 0.6 is 0 Å². The van der Waals surface area contributed by atoms with Crippen LogP contribution in [0.5, 0.6) is 0 Å². The van der Waals surface area contributed by atoms with Crippen LogP contribution < -0.4 is 5.32 Å². The first-order valence-electron chi connectivity index (χ1n) is 8.45. The molecule has 2 atom stereocenters. The maximum atomic E-state index is 12.5. The summed E-state index contributed by atoms with van der Waals surface area (Å²) in [7, 11) is 0. The first kappa shape index (κ1) is 17.2. The normalized spacial score (nSPS) is 20.1. The summed E-state index contributed by atoms with van der Waals surface area (Å²) in [4.78, 5) is 26.3. The van der Waals surface area contributed by atoms with Gasteiger partial charge in [0.15, 0.2) is 0 Å². The van der Waals surface area contributed by atoms with Crippen LogP contribution in [0.25, 0.3) is 0 Å². The fourth-order valence-electron chi connectivity index (χ4n) is 2.97. The maximum absolute atomic E-state index is 12.5. The minimum Gasteiger partial charge on any atom is -0.367 e. The lowest BCUT2D eigenvalue weighted by Crippen LogP contribution is -2.49. The number of nitrogens with one attached hydrogen (secondary N) is 1. The molecule has 2 unspecified atom stereocenters. The molecule has 0 saturated carbocycles. The van der Waals surface area contributed by atoms with Gasteiger partial charge in [0, 0.05) is 12.1 Å². The Hall–Kier alpha value is -2.66. The number of nitrogens with zero attached hydrogens (tertiary/aromatic N) is 1. The average molecular weight is 338 g/mol. The molecule has 0 spiro atoms. The van der Waals surface area contributed by atoms with Crippen LogP contribution in [0.15, 0.2) is 60.7 Å². The van der Waals surface area contributed by atoms with Gasteiger partial charge in [-0.1, -0.05) is 48.5 Å². The van der Waals surface area contributed by atoms with Gasteiger partial charge in [0.05, 0.1) is 19.2 Å². The van der Waals surface area contributed by atoms with E-state index in [0.29, 0.717) is 18.7 Å². The van der Waals surface area contributed by atoms with Gasteiger partial charge in [-0.15, -0.1) is 0 Å². The van der Waals surface area contributed by atoms with E-state index < -0.39 is 0 Å². The minimum atomic E-state index is -0.241. The fourth-order valence-corrected chi connectivity index (χ4v) is 2.97. The predicted octanol–water partition coefficient (Wildman–Crippen LogP) is 2.41. The van der Waals surface area contributed by atoms with E-state index >= 15 is 0 Å². The highest BCUT2D eigenvalue weighted by atomic mass is 16.5. The Morgan fingerprint density at radius 3 is 2.36 bits per heavy atom. The first-order valence-corrected chi connectivity index (χ1v) is 8.45. The third kappa shape index (κ3) is 4.45. The van der Waals surface area contributed by atoms with E-state index in [1.165, 1.54) is 0 Å². The monoisotopic (exact) mass is 338 g/mol. The summed E-state index contributed by atoms with van der Waals surface area (Å²) in [6, 6.07) is 18.8. The van der Waals surface area contributed by atoms with Crippen LogP contribution in [-0.2, 0) is 9.53 Å². The lowest BCUT2D eigenvalue weighted by molar-refractivity contribution is -0.143. The number of hydrogen-bond donors (Lipinski definition) is 1. The molecule has 25 heavy (non-hydrogen) atoms. The zero-order valence-electron chi connectivity index (χ0n) is 14.2. The smallest absolute Gasteiger partial charge is 0.251 e. The molecule has 5 heteroatoms. The van der Waals surface area contributed by atoms with E-state index in [9.17, 15) is 9.59 Å². The Bertz CT molecular complexity index is 718. The van der Waals surface area contributed by atoms with Crippen molar-refractivity contribution in [3.8, 4) is 0 Å². The molecule has 2 aromatic rings. The van der Waals surface area contributed by atoms with Gasteiger partial charge in [-0.05, 0) is 24.6 Å². The summed E-state index contributed by atoms with van der Waals surface area (Å²) in [6.07, 6.45) is -0.188. The standard InChI is InChI=1S/C20H22N2O3/c1-15-13-22(14-18(25-15)16-8-4-2-5-9-16)19(23)12-21-20(24)17-10-6-3-7-11-17/h2-11,15,18H,12-14H2,1H3,(H,21,24). The molecule has 1 fully saturated rings. The molecule has 2 amide bonds. The van der Waals surface area contributed by atoms with E-state index in [1.807, 2.05) is 43.3 Å². The number of ether oxygens (including phenoxy) is 1. The van der Waals surface area contributed by atoms with Crippen molar-refractivity contribution in [1.29, 1.82) is 0 Å². The van der Waals surface area contributed by atoms with E-state index in [1.54, 1.807) is 29.2 Å². The summed E-state index contributed by atoms with van der Waals surface area (Å²) >= 11 is 0. The Balaban J connectivity index is 1.58. The average Bonchev–Trinajstić information content (AvgIpc) is 2.66. The van der Waals surface area contributed by atoms with Gasteiger partial charge in [0.1, 0.15) is 6.10 Å². The Morgan fingerprint density at radius 1 is 1.04 bits per heavy atom. The third-order valence-corrected chi connectivity index (χ3v) is 4.22. The van der Waals surface area contributed by atoms with Crippen molar-refractivity contribution in [3.63, 3.8) is 0 Å². The van der Waals surface area contributed by atoms with E-state index in [2.05, 4.69) is 5.32 Å². The van der Waals surface area contributed by atoms with E-state index in [0.717, 1.165) is 5.56 Å². The van der Waals surface area contributed by atoms with Crippen LogP contribution in [-0.4, -0.2) is 42.5 Å². The SMILES string of the molecule is CC1CN(C(=O)CNC(=O)c2ccccc2)CC(c2ccccc2)O1. The fraction of sp³-hybridized carbons (Fsp3) is 0.300. The second kappa shape index (κ2) is 7.94. The van der Waals surface area contributed by atoms with Gasteiger partial charge in [-0.3, -0.25) is 9.59 Å². The second-order valence-corrected chi connectivity index (χ2v) is 6.19. The number of rotatable bonds is 4. The molecule has 2 aromatic carbocycles. The van der Waals surface area contributed by atoms with Gasteiger partial charge in [-0.2, -0.15) is 0 Å². The van der Waals surface area contributed by atoms with Crippen LogP contribution in [0.4, 0.5) is 0 Å². The molecule has 1 aliphatic rings. The van der Waals surface area contributed by atoms with Crippen LogP contribution in [0.2, 0.25) is 0 Å². The Morgan fingerprint density at radius 2 is 1.68 bits per heavy atom. The van der Waals surface area contributed by atoms with Crippen molar-refractivity contribution in [2.75, 3.05) is 19.6 Å². The molecular formula is C20H22N2O3. The molecule has 1 saturated heterocycles. The predicted molar refractivity (Wildman–Crippen MR) is 95.1 cm³/mol. The minimum absolute atomic E-state index is 0.0119.